The molecule has 6 nitrogen and oxygen atoms in total. The molecular formula is C32H49NO5. The summed E-state index contributed by atoms with van der Waals surface area (Å²) in [4.78, 5) is 14.7. The maximum Gasteiger partial charge on any atom is 0.410 e. The van der Waals surface area contributed by atoms with Gasteiger partial charge in [0.05, 0.1) is 18.8 Å². The Labute approximate surface area is 230 Å². The average Bonchev–Trinajstić information content (AvgIpc) is 2.80. The molecule has 1 aromatic rings. The lowest BCUT2D eigenvalue weighted by molar-refractivity contribution is -0.191. The number of piperidine rings is 1. The van der Waals surface area contributed by atoms with E-state index in [1.165, 1.54) is 5.57 Å². The fraction of sp³-hybridized carbons (Fsp3) is 0.719. The van der Waals surface area contributed by atoms with Crippen molar-refractivity contribution in [2.75, 3.05) is 19.7 Å². The molecule has 0 aromatic heterocycles. The lowest BCUT2D eigenvalue weighted by Gasteiger charge is -2.54. The third kappa shape index (κ3) is 6.67. The first kappa shape index (κ1) is 28.8. The molecule has 5 atom stereocenters. The van der Waals surface area contributed by atoms with E-state index in [4.69, 9.17) is 18.9 Å². The first-order valence-electron chi connectivity index (χ1n) is 14.4. The van der Waals surface area contributed by atoms with Crippen LogP contribution in [0.1, 0.15) is 99.7 Å². The molecule has 4 rings (SSSR count). The molecule has 0 N–H and O–H groups in total. The number of rotatable bonds is 5. The number of ether oxygens (including phenoxy) is 4. The number of amides is 1. The Balaban J connectivity index is 1.62. The third-order valence-corrected chi connectivity index (χ3v) is 7.85. The molecular weight excluding hydrogens is 478 g/mol. The van der Waals surface area contributed by atoms with Crippen LogP contribution in [0.5, 0.6) is 11.5 Å². The fourth-order valence-electron chi connectivity index (χ4n) is 5.97. The van der Waals surface area contributed by atoms with Crippen LogP contribution in [0.2, 0.25) is 0 Å². The maximum absolute atomic E-state index is 12.9. The van der Waals surface area contributed by atoms with Crippen molar-refractivity contribution in [2.24, 2.45) is 17.3 Å². The number of carbonyl (C=O) groups excluding carboxylic acids is 1. The summed E-state index contributed by atoms with van der Waals surface area (Å²) in [6.07, 6.45) is 5.73. The average molecular weight is 528 g/mol. The van der Waals surface area contributed by atoms with Gasteiger partial charge in [0.1, 0.15) is 11.2 Å². The largest absolute Gasteiger partial charge is 0.489 e. The van der Waals surface area contributed by atoms with Crippen LogP contribution < -0.4 is 9.47 Å². The molecule has 38 heavy (non-hydrogen) atoms. The van der Waals surface area contributed by atoms with Crippen molar-refractivity contribution < 1.29 is 23.7 Å². The summed E-state index contributed by atoms with van der Waals surface area (Å²) in [6.45, 7) is 20.7. The van der Waals surface area contributed by atoms with Crippen molar-refractivity contribution in [2.45, 2.75) is 111 Å². The Hall–Kier alpha value is -2.21. The quantitative estimate of drug-likeness (QED) is 0.367. The van der Waals surface area contributed by atoms with Gasteiger partial charge >= 0.3 is 6.09 Å². The zero-order valence-corrected chi connectivity index (χ0v) is 25.1. The number of hydrogen-bond donors (Lipinski definition) is 0. The standard InChI is InChI=1S/C32H49NO5/c1-21(2)12-11-16-32(9)24-18-22-19-33(29(34)38-31(6,7)8)17-15-25(22)36-27(24)23-13-10-14-26(28(23)37-32)35-20-30(3,4)5/h10,12-14,22,24-25,27H,11,15-20H2,1-9H3/t22-,24-,25-,27+,32+/m0/s1. The van der Waals surface area contributed by atoms with Crippen LogP contribution in [-0.2, 0) is 9.47 Å². The highest BCUT2D eigenvalue weighted by atomic mass is 16.6. The van der Waals surface area contributed by atoms with Crippen LogP contribution in [-0.4, -0.2) is 48.0 Å². The normalized spacial score (nSPS) is 28.8. The van der Waals surface area contributed by atoms with Gasteiger partial charge < -0.3 is 23.8 Å². The van der Waals surface area contributed by atoms with Gasteiger partial charge in [0.2, 0.25) is 0 Å². The monoisotopic (exact) mass is 527 g/mol. The van der Waals surface area contributed by atoms with Crippen molar-refractivity contribution in [1.29, 1.82) is 0 Å². The van der Waals surface area contributed by atoms with Gasteiger partial charge in [-0.05, 0) is 78.7 Å². The van der Waals surface area contributed by atoms with Crippen LogP contribution in [0.25, 0.3) is 0 Å². The number of nitrogens with zero attached hydrogens (tertiary/aromatic N) is 1. The van der Waals surface area contributed by atoms with Gasteiger partial charge in [0.25, 0.3) is 0 Å². The predicted octanol–water partition coefficient (Wildman–Crippen LogP) is 7.71. The molecule has 1 aromatic carbocycles. The minimum atomic E-state index is -0.501. The molecule has 3 aliphatic rings. The van der Waals surface area contributed by atoms with E-state index in [0.29, 0.717) is 19.7 Å². The molecule has 0 saturated carbocycles. The summed E-state index contributed by atoms with van der Waals surface area (Å²) >= 11 is 0. The molecule has 2 fully saturated rings. The van der Waals surface area contributed by atoms with Gasteiger partial charge in [-0.2, -0.15) is 0 Å². The van der Waals surface area contributed by atoms with Crippen molar-refractivity contribution in [3.05, 3.63) is 35.4 Å². The molecule has 1 amide bonds. The van der Waals surface area contributed by atoms with Crippen molar-refractivity contribution in [3.63, 3.8) is 0 Å². The molecule has 0 spiro atoms. The van der Waals surface area contributed by atoms with E-state index in [-0.39, 0.29) is 35.6 Å². The second kappa shape index (κ2) is 10.7. The molecule has 6 heteroatoms. The third-order valence-electron chi connectivity index (χ3n) is 7.85. The van der Waals surface area contributed by atoms with Crippen molar-refractivity contribution in [3.8, 4) is 11.5 Å². The Bertz CT molecular complexity index is 1030. The Kier molecular flexibility index (Phi) is 8.14. The lowest BCUT2D eigenvalue weighted by atomic mass is 9.68. The van der Waals surface area contributed by atoms with E-state index < -0.39 is 11.2 Å². The van der Waals surface area contributed by atoms with Crippen LogP contribution >= 0.6 is 0 Å². The summed E-state index contributed by atoms with van der Waals surface area (Å²) in [6, 6.07) is 6.22. The fourth-order valence-corrected chi connectivity index (χ4v) is 5.97. The number of likely N-dealkylation sites (tertiary alicyclic amines) is 1. The van der Waals surface area contributed by atoms with E-state index >= 15 is 0 Å². The second-order valence-electron chi connectivity index (χ2n) is 14.2. The topological polar surface area (TPSA) is 57.2 Å². The number of allylic oxidation sites excluding steroid dienone is 2. The minimum Gasteiger partial charge on any atom is -0.489 e. The van der Waals surface area contributed by atoms with Crippen LogP contribution in [0.4, 0.5) is 4.79 Å². The van der Waals surface area contributed by atoms with Gasteiger partial charge in [-0.3, -0.25) is 0 Å². The summed E-state index contributed by atoms with van der Waals surface area (Å²) in [7, 11) is 0. The minimum absolute atomic E-state index is 0.0450. The molecule has 3 heterocycles. The van der Waals surface area contributed by atoms with Gasteiger partial charge in [-0.25, -0.2) is 4.79 Å². The van der Waals surface area contributed by atoms with E-state index in [1.54, 1.807) is 0 Å². The zero-order valence-electron chi connectivity index (χ0n) is 25.1. The van der Waals surface area contributed by atoms with Gasteiger partial charge in [-0.15, -0.1) is 0 Å². The lowest BCUT2D eigenvalue weighted by Crippen LogP contribution is -2.57. The Morgan fingerprint density at radius 2 is 1.92 bits per heavy atom. The highest BCUT2D eigenvalue weighted by molar-refractivity contribution is 5.68. The number of carbonyl (C=O) groups is 1. The Morgan fingerprint density at radius 3 is 2.58 bits per heavy atom. The molecule has 2 saturated heterocycles. The van der Waals surface area contributed by atoms with Crippen molar-refractivity contribution >= 4 is 6.09 Å². The molecule has 0 radical (unpaired) electrons. The highest BCUT2D eigenvalue weighted by Gasteiger charge is 2.54. The molecule has 3 aliphatic heterocycles. The van der Waals surface area contributed by atoms with E-state index in [1.807, 2.05) is 31.7 Å². The van der Waals surface area contributed by atoms with Gasteiger partial charge in [0, 0.05) is 30.5 Å². The highest BCUT2D eigenvalue weighted by Crippen LogP contribution is 2.56. The smallest absolute Gasteiger partial charge is 0.410 e. The summed E-state index contributed by atoms with van der Waals surface area (Å²) in [5, 5.41) is 0. The summed E-state index contributed by atoms with van der Waals surface area (Å²) < 4.78 is 25.9. The van der Waals surface area contributed by atoms with E-state index in [0.717, 1.165) is 42.7 Å². The van der Waals surface area contributed by atoms with Gasteiger partial charge in [-0.1, -0.05) is 44.6 Å². The maximum atomic E-state index is 12.9. The molecule has 0 unspecified atom stereocenters. The van der Waals surface area contributed by atoms with Crippen LogP contribution in [0, 0.1) is 17.3 Å². The zero-order chi connectivity index (χ0) is 27.9. The van der Waals surface area contributed by atoms with Crippen molar-refractivity contribution in [1.82, 2.24) is 4.90 Å². The van der Waals surface area contributed by atoms with Gasteiger partial charge in [0.15, 0.2) is 11.5 Å². The molecule has 0 bridgehead atoms. The van der Waals surface area contributed by atoms with E-state index in [9.17, 15) is 4.79 Å². The molecule has 212 valence electrons. The number of benzene rings is 1. The number of fused-ring (bicyclic) bond motifs is 4. The number of hydrogen-bond acceptors (Lipinski definition) is 5. The number of para-hydroxylation sites is 1. The first-order chi connectivity index (χ1) is 17.7. The molecule has 0 aliphatic carbocycles. The summed E-state index contributed by atoms with van der Waals surface area (Å²) in [5.74, 6) is 2.07. The Morgan fingerprint density at radius 1 is 1.18 bits per heavy atom. The second-order valence-corrected chi connectivity index (χ2v) is 14.2. The van der Waals surface area contributed by atoms with E-state index in [2.05, 4.69) is 59.8 Å². The summed E-state index contributed by atoms with van der Waals surface area (Å²) in [5.41, 5.74) is 1.54. The van der Waals surface area contributed by atoms with Crippen LogP contribution in [0.15, 0.2) is 29.8 Å². The SMILES string of the molecule is CC(C)=CCC[C@@]1(C)Oc2c(OCC(C)(C)C)cccc2[C@H]2O[C@H]3CCN(C(=O)OC(C)(C)C)C[C@@H]3C[C@@H]21. The van der Waals surface area contributed by atoms with Crippen LogP contribution in [0.3, 0.4) is 0 Å². The first-order valence-corrected chi connectivity index (χ1v) is 14.4. The predicted molar refractivity (Wildman–Crippen MR) is 151 cm³/mol.